The molecule has 27 heavy (non-hydrogen) atoms. The normalized spacial score (nSPS) is 19.9. The number of amides is 1. The molecular weight excluding hydrogens is 344 g/mol. The molecule has 4 rings (SSSR count). The number of likely N-dealkylation sites (tertiary alicyclic amines) is 1. The Morgan fingerprint density at radius 1 is 1.22 bits per heavy atom. The highest BCUT2D eigenvalue weighted by Gasteiger charge is 2.38. The van der Waals surface area contributed by atoms with Gasteiger partial charge in [-0.15, -0.1) is 0 Å². The first-order valence-electron chi connectivity index (χ1n) is 8.81. The number of pyridine rings is 1. The molecule has 138 valence electrons. The van der Waals surface area contributed by atoms with Crippen molar-refractivity contribution in [3.05, 3.63) is 60.2 Å². The molecule has 0 radical (unpaired) electrons. The number of methoxy groups -OCH3 is 1. The van der Waals surface area contributed by atoms with E-state index in [0.29, 0.717) is 30.3 Å². The van der Waals surface area contributed by atoms with Crippen molar-refractivity contribution in [2.75, 3.05) is 14.2 Å². The summed E-state index contributed by atoms with van der Waals surface area (Å²) in [5.41, 5.74) is 1.78. The fourth-order valence-corrected chi connectivity index (χ4v) is 3.63. The van der Waals surface area contributed by atoms with Gasteiger partial charge in [-0.1, -0.05) is 35.5 Å². The molecule has 2 aromatic heterocycles. The van der Waals surface area contributed by atoms with Crippen LogP contribution >= 0.6 is 0 Å². The summed E-state index contributed by atoms with van der Waals surface area (Å²) >= 11 is 0. The van der Waals surface area contributed by atoms with Gasteiger partial charge >= 0.3 is 0 Å². The summed E-state index contributed by atoms with van der Waals surface area (Å²) in [6, 6.07) is 11.6. The van der Waals surface area contributed by atoms with Crippen molar-refractivity contribution in [1.29, 1.82) is 0 Å². The van der Waals surface area contributed by atoms with Crippen LogP contribution in [0.5, 0.6) is 5.75 Å². The van der Waals surface area contributed by atoms with Crippen LogP contribution in [-0.4, -0.2) is 40.1 Å². The minimum atomic E-state index is -0.139. The van der Waals surface area contributed by atoms with Gasteiger partial charge in [-0.2, -0.15) is 4.98 Å². The number of aromatic nitrogens is 3. The third kappa shape index (κ3) is 3.16. The lowest BCUT2D eigenvalue weighted by atomic mass is 9.84. The number of carbonyl (C=O) groups excluding carboxylic acids is 1. The second-order valence-corrected chi connectivity index (χ2v) is 6.54. The van der Waals surface area contributed by atoms with E-state index in [9.17, 15) is 4.79 Å². The fourth-order valence-electron chi connectivity index (χ4n) is 3.63. The van der Waals surface area contributed by atoms with Gasteiger partial charge in [0.2, 0.25) is 17.6 Å². The zero-order chi connectivity index (χ0) is 18.8. The minimum absolute atomic E-state index is 0.0656. The third-order valence-corrected chi connectivity index (χ3v) is 5.01. The highest BCUT2D eigenvalue weighted by Crippen LogP contribution is 2.42. The Hall–Kier alpha value is -3.22. The monoisotopic (exact) mass is 364 g/mol. The van der Waals surface area contributed by atoms with E-state index in [1.807, 2.05) is 37.4 Å². The number of piperidine rings is 1. The molecule has 1 fully saturated rings. The van der Waals surface area contributed by atoms with Crippen LogP contribution in [0.1, 0.15) is 36.3 Å². The Balaban J connectivity index is 1.71. The van der Waals surface area contributed by atoms with Gasteiger partial charge in [-0.05, 0) is 18.1 Å². The molecule has 0 aliphatic carbocycles. The van der Waals surface area contributed by atoms with Gasteiger partial charge in [0, 0.05) is 19.7 Å². The second-order valence-electron chi connectivity index (χ2n) is 6.54. The number of likely N-dealkylation sites (N-methyl/N-ethyl adjacent to an activating group) is 1. The van der Waals surface area contributed by atoms with Crippen LogP contribution in [0.25, 0.3) is 11.4 Å². The van der Waals surface area contributed by atoms with Crippen LogP contribution in [0.4, 0.5) is 0 Å². The van der Waals surface area contributed by atoms with Crippen LogP contribution in [0.2, 0.25) is 0 Å². The molecule has 7 heteroatoms. The summed E-state index contributed by atoms with van der Waals surface area (Å²) in [7, 11) is 3.41. The summed E-state index contributed by atoms with van der Waals surface area (Å²) in [6.45, 7) is 0. The van der Waals surface area contributed by atoms with Crippen LogP contribution in [0.15, 0.2) is 53.3 Å². The van der Waals surface area contributed by atoms with Crippen molar-refractivity contribution in [2.24, 2.45) is 0 Å². The Labute approximate surface area is 157 Å². The lowest BCUT2D eigenvalue weighted by Gasteiger charge is -2.37. The van der Waals surface area contributed by atoms with Crippen molar-refractivity contribution in [3.63, 3.8) is 0 Å². The first kappa shape index (κ1) is 17.2. The van der Waals surface area contributed by atoms with E-state index in [4.69, 9.17) is 9.26 Å². The SMILES string of the molecule is COc1cnccc1-c1noc(C2CCC(=O)N(C)C2c2ccccc2)n1. The predicted octanol–water partition coefficient (Wildman–Crippen LogP) is 3.22. The van der Waals surface area contributed by atoms with E-state index in [2.05, 4.69) is 15.1 Å². The molecule has 1 aliphatic heterocycles. The lowest BCUT2D eigenvalue weighted by Crippen LogP contribution is -2.39. The van der Waals surface area contributed by atoms with Crippen molar-refractivity contribution in [1.82, 2.24) is 20.0 Å². The summed E-state index contributed by atoms with van der Waals surface area (Å²) in [5.74, 6) is 1.62. The van der Waals surface area contributed by atoms with Crippen LogP contribution in [0, 0.1) is 0 Å². The van der Waals surface area contributed by atoms with Gasteiger partial charge in [-0.25, -0.2) is 0 Å². The lowest BCUT2D eigenvalue weighted by molar-refractivity contribution is -0.135. The topological polar surface area (TPSA) is 81.3 Å². The molecule has 3 heterocycles. The van der Waals surface area contributed by atoms with Crippen LogP contribution < -0.4 is 4.74 Å². The number of hydrogen-bond acceptors (Lipinski definition) is 6. The molecule has 0 spiro atoms. The molecule has 2 atom stereocenters. The molecular formula is C20H20N4O3. The van der Waals surface area contributed by atoms with E-state index in [1.54, 1.807) is 30.5 Å². The molecule has 1 amide bonds. The van der Waals surface area contributed by atoms with Crippen molar-refractivity contribution < 1.29 is 14.1 Å². The predicted molar refractivity (Wildman–Crippen MR) is 98.0 cm³/mol. The second kappa shape index (κ2) is 7.19. The summed E-state index contributed by atoms with van der Waals surface area (Å²) in [6.07, 6.45) is 4.40. The van der Waals surface area contributed by atoms with E-state index in [0.717, 1.165) is 11.1 Å². The molecule has 1 saturated heterocycles. The van der Waals surface area contributed by atoms with E-state index in [1.165, 1.54) is 0 Å². The number of benzene rings is 1. The van der Waals surface area contributed by atoms with Gasteiger partial charge in [0.1, 0.15) is 5.75 Å². The van der Waals surface area contributed by atoms with Crippen molar-refractivity contribution in [3.8, 4) is 17.1 Å². The average Bonchev–Trinajstić information content (AvgIpc) is 3.20. The first-order valence-corrected chi connectivity index (χ1v) is 8.81. The smallest absolute Gasteiger partial charge is 0.232 e. The Bertz CT molecular complexity index is 941. The Kier molecular flexibility index (Phi) is 4.58. The quantitative estimate of drug-likeness (QED) is 0.707. The van der Waals surface area contributed by atoms with E-state index in [-0.39, 0.29) is 17.9 Å². The maximum atomic E-state index is 12.3. The minimum Gasteiger partial charge on any atom is -0.494 e. The Morgan fingerprint density at radius 2 is 2.04 bits per heavy atom. The van der Waals surface area contributed by atoms with Gasteiger partial charge in [0.15, 0.2) is 0 Å². The first-order chi connectivity index (χ1) is 13.2. The maximum Gasteiger partial charge on any atom is 0.232 e. The molecule has 0 saturated carbocycles. The molecule has 7 nitrogen and oxygen atoms in total. The number of rotatable bonds is 4. The highest BCUT2D eigenvalue weighted by molar-refractivity contribution is 5.77. The summed E-state index contributed by atoms with van der Waals surface area (Å²) in [5, 5.41) is 4.15. The van der Waals surface area contributed by atoms with Gasteiger partial charge in [0.05, 0.1) is 30.8 Å². The summed E-state index contributed by atoms with van der Waals surface area (Å²) in [4.78, 5) is 22.8. The molecule has 2 unspecified atom stereocenters. The van der Waals surface area contributed by atoms with Crippen molar-refractivity contribution >= 4 is 5.91 Å². The van der Waals surface area contributed by atoms with E-state index >= 15 is 0 Å². The molecule has 1 aliphatic rings. The molecule has 3 aromatic rings. The third-order valence-electron chi connectivity index (χ3n) is 5.01. The Morgan fingerprint density at radius 3 is 2.81 bits per heavy atom. The van der Waals surface area contributed by atoms with Gasteiger partial charge < -0.3 is 14.2 Å². The maximum absolute atomic E-state index is 12.3. The van der Waals surface area contributed by atoms with Gasteiger partial charge in [-0.3, -0.25) is 9.78 Å². The highest BCUT2D eigenvalue weighted by atomic mass is 16.5. The molecule has 1 aromatic carbocycles. The zero-order valence-corrected chi connectivity index (χ0v) is 15.2. The largest absolute Gasteiger partial charge is 0.494 e. The van der Waals surface area contributed by atoms with Crippen LogP contribution in [-0.2, 0) is 4.79 Å². The molecule has 0 bridgehead atoms. The van der Waals surface area contributed by atoms with Crippen LogP contribution in [0.3, 0.4) is 0 Å². The number of ether oxygens (including phenoxy) is 1. The van der Waals surface area contributed by atoms with E-state index < -0.39 is 0 Å². The molecule has 0 N–H and O–H groups in total. The fraction of sp³-hybridized carbons (Fsp3) is 0.300. The van der Waals surface area contributed by atoms with Gasteiger partial charge in [0.25, 0.3) is 0 Å². The number of nitrogens with zero attached hydrogens (tertiary/aromatic N) is 4. The standard InChI is InChI=1S/C20H20N4O3/c1-24-17(25)9-8-15(18(24)13-6-4-3-5-7-13)20-22-19(23-27-20)14-10-11-21-12-16(14)26-2/h3-7,10-12,15,18H,8-9H2,1-2H3. The van der Waals surface area contributed by atoms with Crippen molar-refractivity contribution in [2.45, 2.75) is 24.8 Å². The number of carbonyl (C=O) groups is 1. The summed E-state index contributed by atoms with van der Waals surface area (Å²) < 4.78 is 11.0. The average molecular weight is 364 g/mol. The number of hydrogen-bond donors (Lipinski definition) is 0. The zero-order valence-electron chi connectivity index (χ0n) is 15.2.